The van der Waals surface area contributed by atoms with Crippen LogP contribution in [0.2, 0.25) is 0 Å². The fraction of sp³-hybridized carbons (Fsp3) is 0. The number of nitrogens with two attached hydrogens (primary N) is 2. The predicted octanol–water partition coefficient (Wildman–Crippen LogP) is -3.05. The summed E-state index contributed by atoms with van der Waals surface area (Å²) in [7, 11) is -4.64. The molecule has 0 aromatic rings. The van der Waals surface area contributed by atoms with E-state index in [1.54, 1.807) is 5.43 Å². The molecule has 0 radical (unpaired) electrons. The van der Waals surface area contributed by atoms with E-state index < -0.39 is 13.9 Å². The molecule has 0 bridgehead atoms. The summed E-state index contributed by atoms with van der Waals surface area (Å²) in [5.41, 5.74) is 6.08. The maximum atomic E-state index is 9.35. The van der Waals surface area contributed by atoms with Crippen LogP contribution in [0, 0.1) is 0 Å². The molecule has 0 aliphatic heterocycles. The van der Waals surface area contributed by atoms with Crippen LogP contribution in [0.5, 0.6) is 0 Å². The van der Waals surface area contributed by atoms with Crippen LogP contribution < -0.4 is 17.0 Å². The van der Waals surface area contributed by atoms with E-state index in [1.165, 1.54) is 0 Å². The van der Waals surface area contributed by atoms with Crippen molar-refractivity contribution in [3.8, 4) is 0 Å². The van der Waals surface area contributed by atoms with Crippen molar-refractivity contribution in [3.63, 3.8) is 0 Å². The van der Waals surface area contributed by atoms with Crippen LogP contribution in [0.4, 0.5) is 4.79 Å². The summed E-state index contributed by atoms with van der Waals surface area (Å²) in [6.07, 6.45) is 0. The van der Waals surface area contributed by atoms with Gasteiger partial charge in [-0.15, -0.1) is 0 Å². The third-order valence-electron chi connectivity index (χ3n) is 0.142. The van der Waals surface area contributed by atoms with Crippen molar-refractivity contribution in [2.45, 2.75) is 0 Å². The molecule has 0 heterocycles. The van der Waals surface area contributed by atoms with Gasteiger partial charge < -0.3 is 20.4 Å². The number of urea groups is 1. The molecule has 0 rings (SSSR count). The summed E-state index contributed by atoms with van der Waals surface area (Å²) in [6, 6.07) is -0.718. The van der Waals surface area contributed by atoms with Gasteiger partial charge in [-0.1, -0.05) is 0 Å². The molecule has 8 N–H and O–H groups in total. The second-order valence-corrected chi connectivity index (χ2v) is 2.05. The molecule has 0 aromatic heterocycles. The van der Waals surface area contributed by atoms with Crippen molar-refractivity contribution in [2.24, 2.45) is 11.6 Å². The monoisotopic (exact) mass is 213 g/mol. The number of nitrogens with one attached hydrogen (secondary N) is 1. The van der Waals surface area contributed by atoms with Gasteiger partial charge in [-0.25, -0.2) is 15.2 Å². The van der Waals surface area contributed by atoms with Gasteiger partial charge in [0.05, 0.1) is 0 Å². The molecule has 0 spiro atoms. The Bertz CT molecular complexity index is 136. The fourth-order valence-electron chi connectivity index (χ4n) is 0. The molecular formula is CH9KN3O5P. The van der Waals surface area contributed by atoms with E-state index in [-0.39, 0.29) is 51.4 Å². The van der Waals surface area contributed by atoms with Crippen molar-refractivity contribution in [2.75, 3.05) is 0 Å². The van der Waals surface area contributed by atoms with Crippen LogP contribution in [0.1, 0.15) is 0 Å². The normalized spacial score (nSPS) is 8.36. The van der Waals surface area contributed by atoms with Crippen LogP contribution in [0.25, 0.3) is 0 Å². The number of phosphoric acid groups is 1. The number of carbonyl (C=O) groups excluding carboxylic acids is 1. The SMILES string of the molecule is NNC(N)=O.O=P(O)(O)O.[KH]. The van der Waals surface area contributed by atoms with E-state index in [2.05, 4.69) is 11.6 Å². The molecule has 64 valence electrons. The zero-order chi connectivity index (χ0) is 8.78. The van der Waals surface area contributed by atoms with Gasteiger partial charge >= 0.3 is 65.2 Å². The topological polar surface area (TPSA) is 159 Å². The Labute approximate surface area is 105 Å². The summed E-state index contributed by atoms with van der Waals surface area (Å²) in [5, 5.41) is 0. The molecular weight excluding hydrogens is 204 g/mol. The minimum absolute atomic E-state index is 0. The number of carbonyl (C=O) groups is 1. The van der Waals surface area contributed by atoms with Gasteiger partial charge in [-0.3, -0.25) is 5.43 Å². The van der Waals surface area contributed by atoms with Gasteiger partial charge in [0.1, 0.15) is 0 Å². The van der Waals surface area contributed by atoms with Crippen LogP contribution in [-0.2, 0) is 4.57 Å². The Balaban J connectivity index is -0.000000107. The molecule has 11 heavy (non-hydrogen) atoms. The maximum absolute atomic E-state index is 9.35. The number of hydrazine groups is 1. The summed E-state index contributed by atoms with van der Waals surface area (Å²) in [4.78, 5) is 30.9. The first-order valence-corrected chi connectivity index (χ1v) is 3.38. The average Bonchev–Trinajstić information content (AvgIpc) is 1.61. The molecule has 8 nitrogen and oxygen atoms in total. The van der Waals surface area contributed by atoms with Crippen LogP contribution in [-0.4, -0.2) is 72.1 Å². The quantitative estimate of drug-likeness (QED) is 0.0824. The molecule has 0 unspecified atom stereocenters. The summed E-state index contributed by atoms with van der Waals surface area (Å²) in [5.74, 6) is 4.45. The van der Waals surface area contributed by atoms with E-state index in [4.69, 9.17) is 19.2 Å². The van der Waals surface area contributed by atoms with Gasteiger partial charge in [0.2, 0.25) is 0 Å². The van der Waals surface area contributed by atoms with Crippen molar-refractivity contribution < 1.29 is 24.0 Å². The Morgan fingerprint density at radius 2 is 1.45 bits per heavy atom. The first-order chi connectivity index (χ1) is 4.27. The first-order valence-electron chi connectivity index (χ1n) is 1.81. The van der Waals surface area contributed by atoms with Gasteiger partial charge in [0.25, 0.3) is 0 Å². The van der Waals surface area contributed by atoms with Crippen LogP contribution >= 0.6 is 7.82 Å². The number of primary amides is 1. The van der Waals surface area contributed by atoms with Crippen molar-refractivity contribution in [1.29, 1.82) is 0 Å². The van der Waals surface area contributed by atoms with Crippen molar-refractivity contribution >= 4 is 65.2 Å². The molecule has 10 heteroatoms. The first kappa shape index (κ1) is 17.9. The van der Waals surface area contributed by atoms with Gasteiger partial charge in [-0.05, 0) is 0 Å². The Kier molecular flexibility index (Phi) is 14.8. The zero-order valence-electron chi connectivity index (χ0n) is 4.76. The predicted molar refractivity (Wildman–Crippen MR) is 38.3 cm³/mol. The number of hydrogen-bond donors (Lipinski definition) is 6. The second kappa shape index (κ2) is 9.07. The van der Waals surface area contributed by atoms with Gasteiger partial charge in [0.15, 0.2) is 0 Å². The summed E-state index contributed by atoms with van der Waals surface area (Å²) < 4.78 is 8.88. The minimum atomic E-state index is -4.64. The van der Waals surface area contributed by atoms with Crippen LogP contribution in [0.3, 0.4) is 0 Å². The molecule has 2 amide bonds. The van der Waals surface area contributed by atoms with E-state index >= 15 is 0 Å². The van der Waals surface area contributed by atoms with Gasteiger partial charge in [-0.2, -0.15) is 0 Å². The van der Waals surface area contributed by atoms with E-state index in [1.807, 2.05) is 0 Å². The Morgan fingerprint density at radius 3 is 1.45 bits per heavy atom. The van der Waals surface area contributed by atoms with Crippen LogP contribution in [0.15, 0.2) is 0 Å². The Morgan fingerprint density at radius 1 is 1.36 bits per heavy atom. The number of hydrogen-bond acceptors (Lipinski definition) is 3. The van der Waals surface area contributed by atoms with E-state index in [9.17, 15) is 4.79 Å². The average molecular weight is 213 g/mol. The van der Waals surface area contributed by atoms with E-state index in [0.29, 0.717) is 0 Å². The molecule has 0 saturated heterocycles. The van der Waals surface area contributed by atoms with E-state index in [0.717, 1.165) is 0 Å². The third kappa shape index (κ3) is 99.8. The summed E-state index contributed by atoms with van der Waals surface area (Å²) in [6.45, 7) is 0. The fourth-order valence-corrected chi connectivity index (χ4v) is 0. The van der Waals surface area contributed by atoms with Crippen molar-refractivity contribution in [1.82, 2.24) is 5.43 Å². The number of amides is 2. The molecule has 0 atom stereocenters. The zero-order valence-corrected chi connectivity index (χ0v) is 5.65. The number of rotatable bonds is 0. The molecule has 0 fully saturated rings. The molecule has 0 aromatic carbocycles. The summed E-state index contributed by atoms with van der Waals surface area (Å²) >= 11 is 0. The second-order valence-electron chi connectivity index (χ2n) is 1.02. The molecule has 0 saturated carbocycles. The van der Waals surface area contributed by atoms with Gasteiger partial charge in [0, 0.05) is 0 Å². The molecule has 0 aliphatic carbocycles. The standard InChI is InChI=1S/CH5N3O.K.H3O4P.H/c2-1(5)4-3;;1-5(2,3)4;/h3H2,(H3,2,4,5);;(H3,1,2,3,4);. The Hall–Kier alpha value is 0.976. The van der Waals surface area contributed by atoms with Crippen molar-refractivity contribution in [3.05, 3.63) is 0 Å². The molecule has 0 aliphatic rings. The third-order valence-corrected chi connectivity index (χ3v) is 0.142.